The Morgan fingerprint density at radius 1 is 1.05 bits per heavy atom. The smallest absolute Gasteiger partial charge is 0.305 e. The fourth-order valence-electron chi connectivity index (χ4n) is 1.60. The summed E-state index contributed by atoms with van der Waals surface area (Å²) in [5.41, 5.74) is 2.45. The van der Waals surface area contributed by atoms with Gasteiger partial charge in [0.15, 0.2) is 0 Å². The number of benzene rings is 1. The summed E-state index contributed by atoms with van der Waals surface area (Å²) in [6, 6.07) is 8.27. The number of rotatable bonds is 7. The van der Waals surface area contributed by atoms with Crippen molar-refractivity contribution < 1.29 is 19.1 Å². The van der Waals surface area contributed by atoms with Crippen molar-refractivity contribution in [2.24, 2.45) is 0 Å². The summed E-state index contributed by atoms with van der Waals surface area (Å²) in [5.74, 6) is -0.616. The molecule has 0 aliphatic rings. The van der Waals surface area contributed by atoms with Crippen LogP contribution < -0.4 is 0 Å². The zero-order valence-corrected chi connectivity index (χ0v) is 11.5. The van der Waals surface area contributed by atoms with Crippen molar-refractivity contribution in [3.05, 3.63) is 35.4 Å². The SMILES string of the molecule is CC(=O)OCCOC(=O)CCCc1ccc(C)cc1. The zero-order valence-electron chi connectivity index (χ0n) is 11.5. The maximum atomic E-state index is 11.4. The second kappa shape index (κ2) is 8.29. The van der Waals surface area contributed by atoms with Gasteiger partial charge in [-0.1, -0.05) is 29.8 Å². The molecule has 0 saturated carbocycles. The van der Waals surface area contributed by atoms with Crippen molar-refractivity contribution in [1.29, 1.82) is 0 Å². The molecule has 0 spiro atoms. The van der Waals surface area contributed by atoms with Crippen LogP contribution in [0.25, 0.3) is 0 Å². The van der Waals surface area contributed by atoms with Crippen LogP contribution in [0.4, 0.5) is 0 Å². The highest BCUT2D eigenvalue weighted by atomic mass is 16.6. The standard InChI is InChI=1S/C15H20O4/c1-12-6-8-14(9-7-12)4-3-5-15(17)19-11-10-18-13(2)16/h6-9H,3-5,10-11H2,1-2H3. The van der Waals surface area contributed by atoms with E-state index in [1.807, 2.05) is 6.92 Å². The van der Waals surface area contributed by atoms with E-state index in [2.05, 4.69) is 29.0 Å². The van der Waals surface area contributed by atoms with Gasteiger partial charge in [-0.2, -0.15) is 0 Å². The summed E-state index contributed by atoms with van der Waals surface area (Å²) in [6.07, 6.45) is 2.00. The maximum absolute atomic E-state index is 11.4. The van der Waals surface area contributed by atoms with Gasteiger partial charge >= 0.3 is 11.9 Å². The van der Waals surface area contributed by atoms with E-state index < -0.39 is 0 Å². The Kier molecular flexibility index (Phi) is 6.64. The van der Waals surface area contributed by atoms with Crippen molar-refractivity contribution in [3.8, 4) is 0 Å². The van der Waals surface area contributed by atoms with Gasteiger partial charge in [-0.15, -0.1) is 0 Å². The van der Waals surface area contributed by atoms with Crippen molar-refractivity contribution in [2.45, 2.75) is 33.1 Å². The fourth-order valence-corrected chi connectivity index (χ4v) is 1.60. The predicted molar refractivity (Wildman–Crippen MR) is 71.7 cm³/mol. The average molecular weight is 264 g/mol. The Balaban J connectivity index is 2.10. The first-order valence-electron chi connectivity index (χ1n) is 6.42. The van der Waals surface area contributed by atoms with Crippen molar-refractivity contribution in [1.82, 2.24) is 0 Å². The van der Waals surface area contributed by atoms with Crippen LogP contribution in [0, 0.1) is 6.92 Å². The van der Waals surface area contributed by atoms with Gasteiger partial charge in [-0.25, -0.2) is 0 Å². The number of carbonyl (C=O) groups is 2. The molecule has 1 aromatic carbocycles. The molecule has 0 N–H and O–H groups in total. The topological polar surface area (TPSA) is 52.6 Å². The highest BCUT2D eigenvalue weighted by Gasteiger charge is 2.03. The molecule has 0 amide bonds. The number of carbonyl (C=O) groups excluding carboxylic acids is 2. The molecule has 0 aromatic heterocycles. The monoisotopic (exact) mass is 264 g/mol. The molecule has 19 heavy (non-hydrogen) atoms. The molecular weight excluding hydrogens is 244 g/mol. The van der Waals surface area contributed by atoms with Crippen LogP contribution in [0.3, 0.4) is 0 Å². The van der Waals surface area contributed by atoms with Crippen LogP contribution >= 0.6 is 0 Å². The number of ether oxygens (including phenoxy) is 2. The van der Waals surface area contributed by atoms with E-state index in [1.165, 1.54) is 18.1 Å². The van der Waals surface area contributed by atoms with E-state index in [-0.39, 0.29) is 25.2 Å². The lowest BCUT2D eigenvalue weighted by Gasteiger charge is -2.05. The van der Waals surface area contributed by atoms with Gasteiger partial charge in [0, 0.05) is 13.3 Å². The van der Waals surface area contributed by atoms with E-state index in [0.717, 1.165) is 12.8 Å². The summed E-state index contributed by atoms with van der Waals surface area (Å²) in [4.78, 5) is 21.8. The molecule has 0 saturated heterocycles. The zero-order chi connectivity index (χ0) is 14.1. The lowest BCUT2D eigenvalue weighted by molar-refractivity contribution is -0.151. The first-order chi connectivity index (χ1) is 9.08. The largest absolute Gasteiger partial charge is 0.462 e. The minimum atomic E-state index is -0.365. The van der Waals surface area contributed by atoms with E-state index >= 15 is 0 Å². The normalized spacial score (nSPS) is 10.0. The van der Waals surface area contributed by atoms with E-state index in [1.54, 1.807) is 0 Å². The van der Waals surface area contributed by atoms with Gasteiger partial charge in [0.25, 0.3) is 0 Å². The van der Waals surface area contributed by atoms with Gasteiger partial charge in [-0.05, 0) is 25.3 Å². The van der Waals surface area contributed by atoms with Gasteiger partial charge in [-0.3, -0.25) is 9.59 Å². The first kappa shape index (κ1) is 15.2. The predicted octanol–water partition coefficient (Wildman–Crippen LogP) is 2.42. The van der Waals surface area contributed by atoms with Crippen LogP contribution in [0.1, 0.15) is 30.9 Å². The van der Waals surface area contributed by atoms with Crippen LogP contribution in [0.15, 0.2) is 24.3 Å². The number of aryl methyl sites for hydroxylation is 2. The second-order valence-corrected chi connectivity index (χ2v) is 4.40. The van der Waals surface area contributed by atoms with E-state index in [4.69, 9.17) is 4.74 Å². The quantitative estimate of drug-likeness (QED) is 0.560. The molecular formula is C15H20O4. The molecule has 0 fully saturated rings. The third-order valence-corrected chi connectivity index (χ3v) is 2.62. The number of hydrogen-bond donors (Lipinski definition) is 0. The first-order valence-corrected chi connectivity index (χ1v) is 6.42. The summed E-state index contributed by atoms with van der Waals surface area (Å²) in [6.45, 7) is 3.62. The highest BCUT2D eigenvalue weighted by molar-refractivity contribution is 5.69. The van der Waals surface area contributed by atoms with Crippen LogP contribution in [0.2, 0.25) is 0 Å². The molecule has 1 rings (SSSR count). The van der Waals surface area contributed by atoms with E-state index in [0.29, 0.717) is 6.42 Å². The molecule has 1 aromatic rings. The Bertz CT molecular complexity index is 409. The van der Waals surface area contributed by atoms with Gasteiger partial charge in [0.1, 0.15) is 13.2 Å². The summed E-state index contributed by atoms with van der Waals surface area (Å²) in [7, 11) is 0. The minimum Gasteiger partial charge on any atom is -0.462 e. The molecule has 0 radical (unpaired) electrons. The summed E-state index contributed by atoms with van der Waals surface area (Å²) < 4.78 is 9.59. The molecule has 104 valence electrons. The molecule has 0 aliphatic carbocycles. The Hall–Kier alpha value is -1.84. The summed E-state index contributed by atoms with van der Waals surface area (Å²) >= 11 is 0. The third kappa shape index (κ3) is 7.24. The van der Waals surface area contributed by atoms with Crippen LogP contribution in [0.5, 0.6) is 0 Å². The maximum Gasteiger partial charge on any atom is 0.305 e. The fraction of sp³-hybridized carbons (Fsp3) is 0.467. The molecule has 0 atom stereocenters. The molecule has 0 heterocycles. The molecule has 0 bridgehead atoms. The molecule has 4 heteroatoms. The highest BCUT2D eigenvalue weighted by Crippen LogP contribution is 2.07. The van der Waals surface area contributed by atoms with Crippen molar-refractivity contribution >= 4 is 11.9 Å². The third-order valence-electron chi connectivity index (χ3n) is 2.62. The average Bonchev–Trinajstić information content (AvgIpc) is 2.37. The lowest BCUT2D eigenvalue weighted by atomic mass is 10.1. The van der Waals surface area contributed by atoms with Gasteiger partial charge in [0.2, 0.25) is 0 Å². The van der Waals surface area contributed by atoms with Crippen molar-refractivity contribution in [2.75, 3.05) is 13.2 Å². The Morgan fingerprint density at radius 3 is 2.32 bits per heavy atom. The van der Waals surface area contributed by atoms with Crippen LogP contribution in [-0.2, 0) is 25.5 Å². The van der Waals surface area contributed by atoms with Crippen molar-refractivity contribution in [3.63, 3.8) is 0 Å². The lowest BCUT2D eigenvalue weighted by Crippen LogP contribution is -2.12. The second-order valence-electron chi connectivity index (χ2n) is 4.40. The van der Waals surface area contributed by atoms with Gasteiger partial charge < -0.3 is 9.47 Å². The van der Waals surface area contributed by atoms with Crippen LogP contribution in [-0.4, -0.2) is 25.2 Å². The minimum absolute atomic E-state index is 0.124. The summed E-state index contributed by atoms with van der Waals surface area (Å²) in [5, 5.41) is 0. The molecule has 0 unspecified atom stereocenters. The van der Waals surface area contributed by atoms with E-state index in [9.17, 15) is 9.59 Å². The molecule has 4 nitrogen and oxygen atoms in total. The Morgan fingerprint density at radius 2 is 1.68 bits per heavy atom. The van der Waals surface area contributed by atoms with Gasteiger partial charge in [0.05, 0.1) is 0 Å². The number of esters is 2. The number of hydrogen-bond acceptors (Lipinski definition) is 4. The Labute approximate surface area is 113 Å². The molecule has 0 aliphatic heterocycles.